The van der Waals surface area contributed by atoms with Crippen LogP contribution in [0.5, 0.6) is 0 Å². The van der Waals surface area contributed by atoms with Gasteiger partial charge in [-0.15, -0.1) is 5.10 Å². The van der Waals surface area contributed by atoms with Crippen LogP contribution in [-0.4, -0.2) is 27.1 Å². The SMILES string of the molecule is C/C(C=NNC(=O)Cn1nnc2ccccc21)=C\c1ccccc1. The maximum Gasteiger partial charge on any atom is 0.261 e. The molecule has 0 atom stereocenters. The number of amides is 1. The Balaban J connectivity index is 1.58. The molecule has 0 saturated heterocycles. The fourth-order valence-corrected chi connectivity index (χ4v) is 2.26. The van der Waals surface area contributed by atoms with Crippen LogP contribution in [0.3, 0.4) is 0 Å². The molecule has 1 aromatic heterocycles. The van der Waals surface area contributed by atoms with E-state index in [4.69, 9.17) is 0 Å². The summed E-state index contributed by atoms with van der Waals surface area (Å²) in [5.74, 6) is -0.255. The van der Waals surface area contributed by atoms with E-state index in [9.17, 15) is 4.79 Å². The summed E-state index contributed by atoms with van der Waals surface area (Å²) in [5, 5.41) is 12.0. The van der Waals surface area contributed by atoms with Gasteiger partial charge in [-0.1, -0.05) is 53.8 Å². The van der Waals surface area contributed by atoms with E-state index < -0.39 is 0 Å². The molecule has 3 rings (SSSR count). The zero-order valence-electron chi connectivity index (χ0n) is 13.3. The second kappa shape index (κ2) is 7.32. The van der Waals surface area contributed by atoms with Crippen LogP contribution in [-0.2, 0) is 11.3 Å². The Bertz CT molecular complexity index is 896. The van der Waals surface area contributed by atoms with Crippen molar-refractivity contribution < 1.29 is 4.79 Å². The molecular weight excluding hydrogens is 302 g/mol. The maximum absolute atomic E-state index is 12.0. The lowest BCUT2D eigenvalue weighted by Crippen LogP contribution is -2.23. The van der Waals surface area contributed by atoms with Gasteiger partial charge in [0.2, 0.25) is 0 Å². The molecule has 0 radical (unpaired) electrons. The van der Waals surface area contributed by atoms with Gasteiger partial charge in [0.1, 0.15) is 12.1 Å². The van der Waals surface area contributed by atoms with Gasteiger partial charge in [-0.2, -0.15) is 5.10 Å². The summed E-state index contributed by atoms with van der Waals surface area (Å²) in [4.78, 5) is 12.0. The van der Waals surface area contributed by atoms with E-state index in [2.05, 4.69) is 20.8 Å². The minimum Gasteiger partial charge on any atom is -0.271 e. The highest BCUT2D eigenvalue weighted by atomic mass is 16.2. The summed E-state index contributed by atoms with van der Waals surface area (Å²) in [6.07, 6.45) is 3.60. The highest BCUT2D eigenvalue weighted by Gasteiger charge is 2.07. The number of hydrogen-bond donors (Lipinski definition) is 1. The quantitative estimate of drug-likeness (QED) is 0.580. The number of hydrazone groups is 1. The lowest BCUT2D eigenvalue weighted by Gasteiger charge is -2.01. The fraction of sp³-hybridized carbons (Fsp3) is 0.111. The van der Waals surface area contributed by atoms with Gasteiger partial charge in [0.25, 0.3) is 5.91 Å². The van der Waals surface area contributed by atoms with Crippen LogP contribution in [0, 0.1) is 0 Å². The Labute approximate surface area is 139 Å². The van der Waals surface area contributed by atoms with Gasteiger partial charge in [-0.3, -0.25) is 4.79 Å². The molecule has 0 unspecified atom stereocenters. The molecule has 1 N–H and O–H groups in total. The van der Waals surface area contributed by atoms with Gasteiger partial charge >= 0.3 is 0 Å². The number of benzene rings is 2. The lowest BCUT2D eigenvalue weighted by atomic mass is 10.1. The van der Waals surface area contributed by atoms with E-state index in [0.717, 1.165) is 22.2 Å². The molecule has 6 heteroatoms. The number of rotatable bonds is 5. The number of carbonyl (C=O) groups excluding carboxylic acids is 1. The van der Waals surface area contributed by atoms with E-state index >= 15 is 0 Å². The van der Waals surface area contributed by atoms with Gasteiger partial charge in [0, 0.05) is 0 Å². The van der Waals surface area contributed by atoms with E-state index in [1.54, 1.807) is 10.9 Å². The molecule has 6 nitrogen and oxygen atoms in total. The first-order valence-electron chi connectivity index (χ1n) is 7.56. The van der Waals surface area contributed by atoms with Crippen molar-refractivity contribution in [1.29, 1.82) is 0 Å². The summed E-state index contributed by atoms with van der Waals surface area (Å²) in [6, 6.07) is 17.4. The number of hydrogen-bond acceptors (Lipinski definition) is 4. The van der Waals surface area contributed by atoms with Crippen molar-refractivity contribution in [3.8, 4) is 0 Å². The molecule has 0 aliphatic rings. The first-order chi connectivity index (χ1) is 11.7. The Morgan fingerprint density at radius 1 is 1.17 bits per heavy atom. The van der Waals surface area contributed by atoms with E-state index in [1.165, 1.54) is 0 Å². The Morgan fingerprint density at radius 2 is 1.92 bits per heavy atom. The average Bonchev–Trinajstić information content (AvgIpc) is 2.99. The zero-order valence-corrected chi connectivity index (χ0v) is 13.3. The van der Waals surface area contributed by atoms with Crippen molar-refractivity contribution in [2.24, 2.45) is 5.10 Å². The van der Waals surface area contributed by atoms with Crippen LogP contribution >= 0.6 is 0 Å². The molecular formula is C18H17N5O. The predicted molar refractivity (Wildman–Crippen MR) is 94.3 cm³/mol. The Kier molecular flexibility index (Phi) is 4.76. The van der Waals surface area contributed by atoms with Gasteiger partial charge in [0.15, 0.2) is 0 Å². The largest absolute Gasteiger partial charge is 0.271 e. The van der Waals surface area contributed by atoms with Crippen LogP contribution in [0.15, 0.2) is 65.3 Å². The maximum atomic E-state index is 12.0. The smallest absolute Gasteiger partial charge is 0.261 e. The Morgan fingerprint density at radius 3 is 2.75 bits per heavy atom. The van der Waals surface area contributed by atoms with Gasteiger partial charge in [-0.25, -0.2) is 10.1 Å². The van der Waals surface area contributed by atoms with Crippen molar-refractivity contribution in [2.45, 2.75) is 13.5 Å². The van der Waals surface area contributed by atoms with E-state index in [-0.39, 0.29) is 12.5 Å². The van der Waals surface area contributed by atoms with Gasteiger partial charge < -0.3 is 0 Å². The monoisotopic (exact) mass is 319 g/mol. The first kappa shape index (κ1) is 15.6. The summed E-state index contributed by atoms with van der Waals surface area (Å²) < 4.78 is 1.55. The highest BCUT2D eigenvalue weighted by molar-refractivity contribution is 5.86. The molecule has 2 aromatic carbocycles. The molecule has 0 fully saturated rings. The summed E-state index contributed by atoms with van der Waals surface area (Å²) >= 11 is 0. The van der Waals surface area contributed by atoms with Gasteiger partial charge in [0.05, 0.1) is 11.7 Å². The van der Waals surface area contributed by atoms with Gasteiger partial charge in [-0.05, 0) is 30.2 Å². The van der Waals surface area contributed by atoms with Crippen LogP contribution < -0.4 is 5.43 Å². The van der Waals surface area contributed by atoms with Crippen LogP contribution in [0.1, 0.15) is 12.5 Å². The third-order valence-corrected chi connectivity index (χ3v) is 3.36. The summed E-state index contributed by atoms with van der Waals surface area (Å²) in [5.41, 5.74) is 6.10. The number of carbonyl (C=O) groups is 1. The molecule has 0 aliphatic heterocycles. The molecule has 1 amide bonds. The van der Waals surface area contributed by atoms with E-state index in [0.29, 0.717) is 0 Å². The molecule has 24 heavy (non-hydrogen) atoms. The number of para-hydroxylation sites is 1. The standard InChI is InChI=1S/C18H17N5O/c1-14(11-15-7-3-2-4-8-15)12-19-21-18(24)13-23-17-10-6-5-9-16(17)20-22-23/h2-12H,13H2,1H3,(H,21,24)/b14-11+,19-12?. The number of fused-ring (bicyclic) bond motifs is 1. The lowest BCUT2D eigenvalue weighted by molar-refractivity contribution is -0.121. The van der Waals surface area contributed by atoms with Crippen LogP contribution in [0.2, 0.25) is 0 Å². The minimum atomic E-state index is -0.255. The second-order valence-corrected chi connectivity index (χ2v) is 5.33. The molecule has 3 aromatic rings. The fourth-order valence-electron chi connectivity index (χ4n) is 2.26. The zero-order chi connectivity index (χ0) is 16.8. The molecule has 0 aliphatic carbocycles. The summed E-state index contributed by atoms with van der Waals surface area (Å²) in [6.45, 7) is 1.99. The van der Waals surface area contributed by atoms with Crippen LogP contribution in [0.4, 0.5) is 0 Å². The molecule has 120 valence electrons. The van der Waals surface area contributed by atoms with Crippen LogP contribution in [0.25, 0.3) is 17.1 Å². The number of aromatic nitrogens is 3. The van der Waals surface area contributed by atoms with E-state index in [1.807, 2.05) is 67.6 Å². The molecule has 0 spiro atoms. The summed E-state index contributed by atoms with van der Waals surface area (Å²) in [7, 11) is 0. The second-order valence-electron chi connectivity index (χ2n) is 5.33. The number of allylic oxidation sites excluding steroid dienone is 1. The molecule has 1 heterocycles. The number of nitrogens with one attached hydrogen (secondary N) is 1. The van der Waals surface area contributed by atoms with Crippen molar-refractivity contribution in [1.82, 2.24) is 20.4 Å². The number of nitrogens with zero attached hydrogens (tertiary/aromatic N) is 4. The van der Waals surface area contributed by atoms with Crippen molar-refractivity contribution >= 4 is 29.2 Å². The highest BCUT2D eigenvalue weighted by Crippen LogP contribution is 2.09. The molecule has 0 bridgehead atoms. The topological polar surface area (TPSA) is 72.2 Å². The third-order valence-electron chi connectivity index (χ3n) is 3.36. The molecule has 0 saturated carbocycles. The third kappa shape index (κ3) is 3.92. The van der Waals surface area contributed by atoms with Crippen molar-refractivity contribution in [3.63, 3.8) is 0 Å². The average molecular weight is 319 g/mol. The Hall–Kier alpha value is -3.28. The predicted octanol–water partition coefficient (Wildman–Crippen LogP) is 2.64. The first-order valence-corrected chi connectivity index (χ1v) is 7.56. The minimum absolute atomic E-state index is 0.0688. The van der Waals surface area contributed by atoms with Crippen molar-refractivity contribution in [3.05, 3.63) is 65.7 Å². The van der Waals surface area contributed by atoms with Crippen molar-refractivity contribution in [2.75, 3.05) is 0 Å². The normalized spacial score (nSPS) is 12.0.